The van der Waals surface area contributed by atoms with Crippen molar-refractivity contribution in [3.8, 4) is 5.69 Å². The number of aromatic nitrogens is 2. The minimum Gasteiger partial charge on any atom is -0.258 e. The number of non-ortho nitro benzene ring substituents is 1. The molecule has 0 saturated heterocycles. The SMILES string of the molecule is O=[N+]([O-])c1ccc(-n2ccc(Cl)n2)c([N+](=O)[O-])c1. The highest BCUT2D eigenvalue weighted by Gasteiger charge is 2.21. The second-order valence-corrected chi connectivity index (χ2v) is 3.66. The zero-order valence-corrected chi connectivity index (χ0v) is 9.44. The van der Waals surface area contributed by atoms with Gasteiger partial charge in [0.05, 0.1) is 15.9 Å². The number of nitro benzene ring substituents is 2. The van der Waals surface area contributed by atoms with Gasteiger partial charge in [0.1, 0.15) is 5.69 Å². The minimum atomic E-state index is -0.710. The molecule has 9 heteroatoms. The van der Waals surface area contributed by atoms with Crippen LogP contribution in [0.5, 0.6) is 0 Å². The summed E-state index contributed by atoms with van der Waals surface area (Å²) in [5.74, 6) is 0. The monoisotopic (exact) mass is 268 g/mol. The van der Waals surface area contributed by atoms with E-state index >= 15 is 0 Å². The fraction of sp³-hybridized carbons (Fsp3) is 0. The van der Waals surface area contributed by atoms with Crippen LogP contribution in [0.2, 0.25) is 5.15 Å². The zero-order valence-electron chi connectivity index (χ0n) is 8.69. The molecule has 0 unspecified atom stereocenters. The summed E-state index contributed by atoms with van der Waals surface area (Å²) >= 11 is 5.61. The maximum Gasteiger partial charge on any atom is 0.301 e. The summed E-state index contributed by atoms with van der Waals surface area (Å²) in [7, 11) is 0. The molecule has 1 aromatic carbocycles. The summed E-state index contributed by atoms with van der Waals surface area (Å²) in [4.78, 5) is 20.0. The molecule has 0 amide bonds. The van der Waals surface area contributed by atoms with E-state index in [4.69, 9.17) is 11.6 Å². The van der Waals surface area contributed by atoms with E-state index in [1.165, 1.54) is 23.0 Å². The topological polar surface area (TPSA) is 104 Å². The first-order valence-corrected chi connectivity index (χ1v) is 5.01. The van der Waals surface area contributed by atoms with E-state index in [9.17, 15) is 20.2 Å². The molecule has 0 bridgehead atoms. The summed E-state index contributed by atoms with van der Waals surface area (Å²) in [6, 6.07) is 4.75. The Morgan fingerprint density at radius 3 is 2.39 bits per heavy atom. The first-order chi connectivity index (χ1) is 8.49. The van der Waals surface area contributed by atoms with E-state index in [1.807, 2.05) is 0 Å². The van der Waals surface area contributed by atoms with Crippen LogP contribution in [0, 0.1) is 20.2 Å². The Kier molecular flexibility index (Phi) is 2.94. The second kappa shape index (κ2) is 4.41. The standard InChI is InChI=1S/C9H5ClN4O4/c10-9-3-4-12(11-9)7-2-1-6(13(15)16)5-8(7)14(17)18/h1-5H. The van der Waals surface area contributed by atoms with Crippen molar-refractivity contribution in [3.63, 3.8) is 0 Å². The van der Waals surface area contributed by atoms with Gasteiger partial charge in [-0.25, -0.2) is 4.68 Å². The number of rotatable bonds is 3. The fourth-order valence-corrected chi connectivity index (χ4v) is 1.54. The summed E-state index contributed by atoms with van der Waals surface area (Å²) in [5, 5.41) is 25.4. The van der Waals surface area contributed by atoms with E-state index in [-0.39, 0.29) is 16.5 Å². The molecule has 18 heavy (non-hydrogen) atoms. The average molecular weight is 269 g/mol. The molecular formula is C9H5ClN4O4. The lowest BCUT2D eigenvalue weighted by Gasteiger charge is -2.02. The fourth-order valence-electron chi connectivity index (χ4n) is 1.40. The van der Waals surface area contributed by atoms with Gasteiger partial charge in [0.2, 0.25) is 0 Å². The molecular weight excluding hydrogens is 264 g/mol. The van der Waals surface area contributed by atoms with Gasteiger partial charge in [0.25, 0.3) is 5.69 Å². The van der Waals surface area contributed by atoms with Crippen molar-refractivity contribution < 1.29 is 9.85 Å². The quantitative estimate of drug-likeness (QED) is 0.627. The van der Waals surface area contributed by atoms with Gasteiger partial charge >= 0.3 is 5.69 Å². The Morgan fingerprint density at radius 1 is 1.17 bits per heavy atom. The van der Waals surface area contributed by atoms with Crippen LogP contribution < -0.4 is 0 Å². The van der Waals surface area contributed by atoms with Crippen molar-refractivity contribution in [2.24, 2.45) is 0 Å². The van der Waals surface area contributed by atoms with Crippen LogP contribution in [0.1, 0.15) is 0 Å². The van der Waals surface area contributed by atoms with Crippen LogP contribution in [-0.4, -0.2) is 19.6 Å². The van der Waals surface area contributed by atoms with Crippen LogP contribution in [0.4, 0.5) is 11.4 Å². The van der Waals surface area contributed by atoms with Crippen molar-refractivity contribution in [1.29, 1.82) is 0 Å². The molecule has 1 heterocycles. The third-order valence-corrected chi connectivity index (χ3v) is 2.37. The molecule has 0 radical (unpaired) electrons. The van der Waals surface area contributed by atoms with E-state index in [0.717, 1.165) is 12.1 Å². The first-order valence-electron chi connectivity index (χ1n) is 4.63. The largest absolute Gasteiger partial charge is 0.301 e. The smallest absolute Gasteiger partial charge is 0.258 e. The molecule has 0 aliphatic carbocycles. The maximum atomic E-state index is 10.9. The van der Waals surface area contributed by atoms with Crippen molar-refractivity contribution >= 4 is 23.0 Å². The molecule has 8 nitrogen and oxygen atoms in total. The lowest BCUT2D eigenvalue weighted by Crippen LogP contribution is -2.01. The summed E-state index contributed by atoms with van der Waals surface area (Å²) in [6.07, 6.45) is 1.43. The first kappa shape index (κ1) is 12.0. The lowest BCUT2D eigenvalue weighted by molar-refractivity contribution is -0.394. The molecule has 2 aromatic rings. The summed E-state index contributed by atoms with van der Waals surface area (Å²) < 4.78 is 1.18. The van der Waals surface area contributed by atoms with E-state index in [1.54, 1.807) is 0 Å². The number of nitrogens with zero attached hydrogens (tertiary/aromatic N) is 4. The van der Waals surface area contributed by atoms with Gasteiger partial charge in [-0.1, -0.05) is 11.6 Å². The highest BCUT2D eigenvalue weighted by molar-refractivity contribution is 6.29. The molecule has 0 aliphatic rings. The Balaban J connectivity index is 2.60. The van der Waals surface area contributed by atoms with Gasteiger partial charge < -0.3 is 0 Å². The van der Waals surface area contributed by atoms with E-state index in [2.05, 4.69) is 5.10 Å². The van der Waals surface area contributed by atoms with Gasteiger partial charge in [0, 0.05) is 12.3 Å². The van der Waals surface area contributed by atoms with Crippen LogP contribution in [0.15, 0.2) is 30.5 Å². The summed E-state index contributed by atoms with van der Waals surface area (Å²) in [5.41, 5.74) is -0.662. The van der Waals surface area contributed by atoms with Crippen molar-refractivity contribution in [2.45, 2.75) is 0 Å². The van der Waals surface area contributed by atoms with Gasteiger partial charge in [-0.15, -0.1) is 0 Å². The highest BCUT2D eigenvalue weighted by atomic mass is 35.5. The number of hydrogen-bond donors (Lipinski definition) is 0. The third-order valence-electron chi connectivity index (χ3n) is 2.17. The van der Waals surface area contributed by atoms with Crippen LogP contribution in [-0.2, 0) is 0 Å². The molecule has 0 saturated carbocycles. The predicted molar refractivity (Wildman–Crippen MR) is 61.9 cm³/mol. The van der Waals surface area contributed by atoms with Gasteiger partial charge in [0.15, 0.2) is 5.15 Å². The Bertz CT molecular complexity index is 639. The number of nitro groups is 2. The van der Waals surface area contributed by atoms with Crippen LogP contribution in [0.3, 0.4) is 0 Å². The van der Waals surface area contributed by atoms with E-state index in [0.29, 0.717) is 0 Å². The Morgan fingerprint density at radius 2 is 1.89 bits per heavy atom. The lowest BCUT2D eigenvalue weighted by atomic mass is 10.2. The number of hydrogen-bond acceptors (Lipinski definition) is 5. The third kappa shape index (κ3) is 2.13. The number of benzene rings is 1. The molecule has 0 spiro atoms. The Hall–Kier alpha value is -2.48. The second-order valence-electron chi connectivity index (χ2n) is 3.27. The number of halogens is 1. The predicted octanol–water partition coefficient (Wildman–Crippen LogP) is 2.34. The van der Waals surface area contributed by atoms with Crippen LogP contribution >= 0.6 is 11.6 Å². The minimum absolute atomic E-state index is 0.109. The molecule has 2 rings (SSSR count). The molecule has 0 N–H and O–H groups in total. The average Bonchev–Trinajstić information content (AvgIpc) is 2.74. The molecule has 0 atom stereocenters. The maximum absolute atomic E-state index is 10.9. The molecule has 0 fully saturated rings. The van der Waals surface area contributed by atoms with Gasteiger partial charge in [-0.05, 0) is 12.1 Å². The highest BCUT2D eigenvalue weighted by Crippen LogP contribution is 2.27. The van der Waals surface area contributed by atoms with Crippen molar-refractivity contribution in [3.05, 3.63) is 55.8 Å². The molecule has 0 aliphatic heterocycles. The Labute approximate surface area is 105 Å². The van der Waals surface area contributed by atoms with Gasteiger partial charge in [-0.2, -0.15) is 5.10 Å². The zero-order chi connectivity index (χ0) is 13.3. The molecule has 1 aromatic heterocycles. The van der Waals surface area contributed by atoms with Crippen molar-refractivity contribution in [2.75, 3.05) is 0 Å². The van der Waals surface area contributed by atoms with Gasteiger partial charge in [-0.3, -0.25) is 20.2 Å². The summed E-state index contributed by atoms with van der Waals surface area (Å²) in [6.45, 7) is 0. The van der Waals surface area contributed by atoms with E-state index < -0.39 is 15.5 Å². The van der Waals surface area contributed by atoms with Crippen molar-refractivity contribution in [1.82, 2.24) is 9.78 Å². The molecule has 92 valence electrons. The van der Waals surface area contributed by atoms with Crippen LogP contribution in [0.25, 0.3) is 5.69 Å². The normalized spacial score (nSPS) is 10.3.